The molecule has 0 radical (unpaired) electrons. The molecule has 1 atom stereocenters. The molecule has 1 aliphatic heterocycles. The fraction of sp³-hybridized carbons (Fsp3) is 0.667. The van der Waals surface area contributed by atoms with E-state index >= 15 is 0 Å². The van der Waals surface area contributed by atoms with Crippen molar-refractivity contribution in [3.8, 4) is 0 Å². The molecule has 1 unspecified atom stereocenters. The molecule has 0 saturated carbocycles. The first kappa shape index (κ1) is 15.5. The van der Waals surface area contributed by atoms with Gasteiger partial charge in [0.05, 0.1) is 0 Å². The molecule has 2 rings (SSSR count). The van der Waals surface area contributed by atoms with Gasteiger partial charge < -0.3 is 5.32 Å². The molecule has 1 aliphatic rings. The number of likely N-dealkylation sites (tertiary alicyclic amines) is 1. The molecule has 0 spiro atoms. The van der Waals surface area contributed by atoms with Crippen LogP contribution in [0.25, 0.3) is 0 Å². The lowest BCUT2D eigenvalue weighted by Crippen LogP contribution is -2.43. The van der Waals surface area contributed by atoms with Crippen LogP contribution in [0.5, 0.6) is 0 Å². The van der Waals surface area contributed by atoms with Gasteiger partial charge in [-0.25, -0.2) is 0 Å². The molecular weight excluding hydrogens is 244 g/mol. The molecule has 2 nitrogen and oxygen atoms in total. The van der Waals surface area contributed by atoms with Gasteiger partial charge in [-0.3, -0.25) is 4.90 Å². The molecule has 2 heteroatoms. The Hall–Kier alpha value is -0.860. The molecule has 1 heterocycles. The number of rotatable bonds is 7. The predicted molar refractivity (Wildman–Crippen MR) is 86.8 cm³/mol. The van der Waals surface area contributed by atoms with Gasteiger partial charge >= 0.3 is 0 Å². The van der Waals surface area contributed by atoms with Crippen molar-refractivity contribution in [1.29, 1.82) is 0 Å². The summed E-state index contributed by atoms with van der Waals surface area (Å²) in [5.74, 6) is 0.822. The van der Waals surface area contributed by atoms with Gasteiger partial charge in [0.1, 0.15) is 0 Å². The lowest BCUT2D eigenvalue weighted by molar-refractivity contribution is 0.188. The van der Waals surface area contributed by atoms with E-state index in [0.717, 1.165) is 18.5 Å². The van der Waals surface area contributed by atoms with Crippen LogP contribution in [0.1, 0.15) is 45.1 Å². The second kappa shape index (κ2) is 8.43. The maximum atomic E-state index is 3.76. The quantitative estimate of drug-likeness (QED) is 0.816. The van der Waals surface area contributed by atoms with E-state index in [2.05, 4.69) is 54.4 Å². The summed E-state index contributed by atoms with van der Waals surface area (Å²) in [5, 5.41) is 3.76. The Morgan fingerprint density at radius 2 is 1.90 bits per heavy atom. The highest BCUT2D eigenvalue weighted by Gasteiger charge is 2.19. The highest BCUT2D eigenvalue weighted by Crippen LogP contribution is 2.14. The number of hydrogen-bond acceptors (Lipinski definition) is 2. The normalized spacial score (nSPS) is 19.1. The van der Waals surface area contributed by atoms with Crippen molar-refractivity contribution < 1.29 is 0 Å². The molecule has 1 saturated heterocycles. The summed E-state index contributed by atoms with van der Waals surface area (Å²) in [6.45, 7) is 9.40. The van der Waals surface area contributed by atoms with Gasteiger partial charge in [0, 0.05) is 12.6 Å². The maximum Gasteiger partial charge on any atom is 0.0233 e. The molecule has 0 aliphatic carbocycles. The minimum atomic E-state index is 0.737. The predicted octanol–water partition coefficient (Wildman–Crippen LogP) is 3.68. The minimum Gasteiger partial charge on any atom is -0.314 e. The topological polar surface area (TPSA) is 15.3 Å². The van der Waals surface area contributed by atoms with Gasteiger partial charge in [0.25, 0.3) is 0 Å². The van der Waals surface area contributed by atoms with E-state index < -0.39 is 0 Å². The van der Waals surface area contributed by atoms with Gasteiger partial charge in [-0.1, -0.05) is 50.6 Å². The van der Waals surface area contributed by atoms with E-state index in [1.807, 2.05) is 0 Å². The Morgan fingerprint density at radius 1 is 1.20 bits per heavy atom. The summed E-state index contributed by atoms with van der Waals surface area (Å²) < 4.78 is 0. The van der Waals surface area contributed by atoms with E-state index in [0.29, 0.717) is 0 Å². The number of hydrogen-bond donors (Lipinski definition) is 1. The largest absolute Gasteiger partial charge is 0.314 e. The van der Waals surface area contributed by atoms with E-state index in [4.69, 9.17) is 0 Å². The Bertz CT molecular complexity index is 355. The first-order valence-corrected chi connectivity index (χ1v) is 8.27. The molecule has 20 heavy (non-hydrogen) atoms. The number of piperidine rings is 1. The van der Waals surface area contributed by atoms with E-state index in [-0.39, 0.29) is 0 Å². The standard InChI is InChI=1S/C18H30N2/c1-3-7-16(2)14-19-18-10-12-20(13-11-18)15-17-8-5-4-6-9-17/h4-6,8-9,16,18-19H,3,7,10-15H2,1-2H3. The smallest absolute Gasteiger partial charge is 0.0233 e. The van der Waals surface area contributed by atoms with Crippen molar-refractivity contribution in [2.45, 2.75) is 52.1 Å². The third-order valence-electron chi connectivity index (χ3n) is 4.37. The summed E-state index contributed by atoms with van der Waals surface area (Å²) in [7, 11) is 0. The van der Waals surface area contributed by atoms with Gasteiger partial charge in [0.15, 0.2) is 0 Å². The van der Waals surface area contributed by atoms with E-state index in [1.165, 1.54) is 50.9 Å². The minimum absolute atomic E-state index is 0.737. The summed E-state index contributed by atoms with van der Waals surface area (Å²) in [6, 6.07) is 11.6. The summed E-state index contributed by atoms with van der Waals surface area (Å²) in [6.07, 6.45) is 5.25. The summed E-state index contributed by atoms with van der Waals surface area (Å²) in [4.78, 5) is 2.59. The highest BCUT2D eigenvalue weighted by atomic mass is 15.1. The number of nitrogens with one attached hydrogen (secondary N) is 1. The van der Waals surface area contributed by atoms with E-state index in [1.54, 1.807) is 0 Å². The van der Waals surface area contributed by atoms with Gasteiger partial charge in [-0.2, -0.15) is 0 Å². The van der Waals surface area contributed by atoms with Crippen LogP contribution in [0.4, 0.5) is 0 Å². The second-order valence-electron chi connectivity index (χ2n) is 6.34. The van der Waals surface area contributed by atoms with Crippen LogP contribution in [-0.4, -0.2) is 30.6 Å². The van der Waals surface area contributed by atoms with Crippen molar-refractivity contribution in [2.24, 2.45) is 5.92 Å². The zero-order valence-corrected chi connectivity index (χ0v) is 13.1. The fourth-order valence-corrected chi connectivity index (χ4v) is 3.10. The maximum absolute atomic E-state index is 3.76. The van der Waals surface area contributed by atoms with Crippen molar-refractivity contribution in [3.05, 3.63) is 35.9 Å². The zero-order valence-electron chi connectivity index (χ0n) is 13.1. The lowest BCUT2D eigenvalue weighted by atomic mass is 10.0. The molecule has 0 bridgehead atoms. The Balaban J connectivity index is 1.65. The van der Waals surface area contributed by atoms with Crippen molar-refractivity contribution >= 4 is 0 Å². The van der Waals surface area contributed by atoms with Crippen LogP contribution in [-0.2, 0) is 6.54 Å². The molecule has 112 valence electrons. The number of benzene rings is 1. The highest BCUT2D eigenvalue weighted by molar-refractivity contribution is 5.14. The van der Waals surface area contributed by atoms with Gasteiger partial charge in [-0.15, -0.1) is 0 Å². The molecule has 1 fully saturated rings. The van der Waals surface area contributed by atoms with Gasteiger partial charge in [0.2, 0.25) is 0 Å². The van der Waals surface area contributed by atoms with E-state index in [9.17, 15) is 0 Å². The Kier molecular flexibility index (Phi) is 6.55. The van der Waals surface area contributed by atoms with Gasteiger partial charge in [-0.05, 0) is 50.4 Å². The summed E-state index contributed by atoms with van der Waals surface area (Å²) >= 11 is 0. The van der Waals surface area contributed by atoms with Crippen LogP contribution in [0.2, 0.25) is 0 Å². The Morgan fingerprint density at radius 3 is 2.55 bits per heavy atom. The molecule has 1 aromatic carbocycles. The fourth-order valence-electron chi connectivity index (χ4n) is 3.10. The molecule has 0 aromatic heterocycles. The SMILES string of the molecule is CCCC(C)CNC1CCN(Cc2ccccc2)CC1. The summed E-state index contributed by atoms with van der Waals surface area (Å²) in [5.41, 5.74) is 1.44. The Labute approximate surface area is 124 Å². The first-order valence-electron chi connectivity index (χ1n) is 8.27. The zero-order chi connectivity index (χ0) is 14.2. The molecule has 0 amide bonds. The van der Waals surface area contributed by atoms with Crippen molar-refractivity contribution in [1.82, 2.24) is 10.2 Å². The van der Waals surface area contributed by atoms with Crippen molar-refractivity contribution in [3.63, 3.8) is 0 Å². The third kappa shape index (κ3) is 5.26. The molecular formula is C18H30N2. The van der Waals surface area contributed by atoms with Crippen LogP contribution in [0.3, 0.4) is 0 Å². The number of nitrogens with zero attached hydrogens (tertiary/aromatic N) is 1. The van der Waals surface area contributed by atoms with Crippen LogP contribution in [0.15, 0.2) is 30.3 Å². The first-order chi connectivity index (χ1) is 9.78. The van der Waals surface area contributed by atoms with Crippen molar-refractivity contribution in [2.75, 3.05) is 19.6 Å². The third-order valence-corrected chi connectivity index (χ3v) is 4.37. The average Bonchev–Trinajstić information content (AvgIpc) is 2.48. The second-order valence-corrected chi connectivity index (χ2v) is 6.34. The lowest BCUT2D eigenvalue weighted by Gasteiger charge is -2.33. The monoisotopic (exact) mass is 274 g/mol. The molecule has 1 aromatic rings. The molecule has 1 N–H and O–H groups in total. The van der Waals surface area contributed by atoms with Crippen LogP contribution >= 0.6 is 0 Å². The van der Waals surface area contributed by atoms with Crippen LogP contribution < -0.4 is 5.32 Å². The average molecular weight is 274 g/mol. The van der Waals surface area contributed by atoms with Crippen LogP contribution in [0, 0.1) is 5.92 Å².